The van der Waals surface area contributed by atoms with Crippen molar-refractivity contribution in [1.82, 2.24) is 10.6 Å². The molecule has 0 atom stereocenters. The van der Waals surface area contributed by atoms with Crippen molar-refractivity contribution in [2.75, 3.05) is 18.4 Å². The highest BCUT2D eigenvalue weighted by atomic mass is 16.2. The van der Waals surface area contributed by atoms with Gasteiger partial charge in [-0.2, -0.15) is 0 Å². The Bertz CT molecular complexity index is 510. The summed E-state index contributed by atoms with van der Waals surface area (Å²) in [6.07, 6.45) is 2.53. The number of hydrogen-bond acceptors (Lipinski definition) is 3. The highest BCUT2D eigenvalue weighted by Gasteiger charge is 2.20. The lowest BCUT2D eigenvalue weighted by atomic mass is 10.1. The molecular formula is C16H23N3O2. The normalized spacial score (nSPS) is 14.0. The zero-order chi connectivity index (χ0) is 15.2. The SMILES string of the molecule is CC(C)NC(=O)c1cccc(NC(=O)CNCC2CC2)c1. The second-order valence-electron chi connectivity index (χ2n) is 5.83. The number of amides is 2. The van der Waals surface area contributed by atoms with Gasteiger partial charge in [0.1, 0.15) is 0 Å². The van der Waals surface area contributed by atoms with Gasteiger partial charge in [0.15, 0.2) is 0 Å². The monoisotopic (exact) mass is 289 g/mol. The van der Waals surface area contributed by atoms with Gasteiger partial charge in [-0.1, -0.05) is 6.07 Å². The number of anilines is 1. The van der Waals surface area contributed by atoms with E-state index in [1.807, 2.05) is 13.8 Å². The molecule has 1 aromatic carbocycles. The molecule has 2 amide bonds. The van der Waals surface area contributed by atoms with E-state index in [2.05, 4.69) is 16.0 Å². The maximum absolute atomic E-state index is 11.9. The average molecular weight is 289 g/mol. The van der Waals surface area contributed by atoms with Crippen molar-refractivity contribution in [1.29, 1.82) is 0 Å². The van der Waals surface area contributed by atoms with E-state index in [-0.39, 0.29) is 17.9 Å². The summed E-state index contributed by atoms with van der Waals surface area (Å²) < 4.78 is 0. The van der Waals surface area contributed by atoms with Gasteiger partial charge < -0.3 is 16.0 Å². The van der Waals surface area contributed by atoms with Crippen LogP contribution in [0.1, 0.15) is 37.0 Å². The highest BCUT2D eigenvalue weighted by Crippen LogP contribution is 2.27. The fourth-order valence-corrected chi connectivity index (χ4v) is 2.00. The third kappa shape index (κ3) is 5.55. The summed E-state index contributed by atoms with van der Waals surface area (Å²) in [4.78, 5) is 23.7. The molecule has 0 saturated heterocycles. The molecule has 0 aromatic heterocycles. The Morgan fingerprint density at radius 2 is 2.05 bits per heavy atom. The molecule has 1 aliphatic carbocycles. The molecule has 5 heteroatoms. The molecule has 2 rings (SSSR count). The molecule has 0 unspecified atom stereocenters. The van der Waals surface area contributed by atoms with Crippen LogP contribution in [0, 0.1) is 5.92 Å². The Kier molecular flexibility index (Phi) is 5.33. The Balaban J connectivity index is 1.84. The Morgan fingerprint density at radius 3 is 2.71 bits per heavy atom. The minimum atomic E-state index is -0.132. The topological polar surface area (TPSA) is 70.2 Å². The van der Waals surface area contributed by atoms with Gasteiger partial charge in [0, 0.05) is 17.3 Å². The smallest absolute Gasteiger partial charge is 0.251 e. The molecule has 0 radical (unpaired) electrons. The van der Waals surface area contributed by atoms with E-state index in [4.69, 9.17) is 0 Å². The first-order valence-electron chi connectivity index (χ1n) is 7.46. The minimum absolute atomic E-state index is 0.0855. The fourth-order valence-electron chi connectivity index (χ4n) is 2.00. The van der Waals surface area contributed by atoms with Gasteiger partial charge >= 0.3 is 0 Å². The van der Waals surface area contributed by atoms with Gasteiger partial charge in [-0.05, 0) is 57.4 Å². The number of benzene rings is 1. The van der Waals surface area contributed by atoms with Crippen molar-refractivity contribution in [2.24, 2.45) is 5.92 Å². The molecule has 21 heavy (non-hydrogen) atoms. The summed E-state index contributed by atoms with van der Waals surface area (Å²) in [5.74, 6) is 0.533. The van der Waals surface area contributed by atoms with Crippen molar-refractivity contribution in [3.63, 3.8) is 0 Å². The van der Waals surface area contributed by atoms with Crippen molar-refractivity contribution < 1.29 is 9.59 Å². The van der Waals surface area contributed by atoms with Crippen molar-refractivity contribution in [3.8, 4) is 0 Å². The second-order valence-corrected chi connectivity index (χ2v) is 5.83. The van der Waals surface area contributed by atoms with Gasteiger partial charge in [0.05, 0.1) is 6.54 Å². The van der Waals surface area contributed by atoms with E-state index in [0.717, 1.165) is 12.5 Å². The van der Waals surface area contributed by atoms with E-state index >= 15 is 0 Å². The molecule has 0 bridgehead atoms. The van der Waals surface area contributed by atoms with Crippen LogP contribution in [0.25, 0.3) is 0 Å². The lowest BCUT2D eigenvalue weighted by molar-refractivity contribution is -0.115. The summed E-state index contributed by atoms with van der Waals surface area (Å²) in [6, 6.07) is 7.06. The van der Waals surface area contributed by atoms with Crippen LogP contribution in [0.3, 0.4) is 0 Å². The van der Waals surface area contributed by atoms with Crippen LogP contribution in [0.15, 0.2) is 24.3 Å². The van der Waals surface area contributed by atoms with E-state index in [9.17, 15) is 9.59 Å². The van der Waals surface area contributed by atoms with Crippen LogP contribution in [0.4, 0.5) is 5.69 Å². The quantitative estimate of drug-likeness (QED) is 0.716. The largest absolute Gasteiger partial charge is 0.350 e. The summed E-state index contributed by atoms with van der Waals surface area (Å²) in [7, 11) is 0. The van der Waals surface area contributed by atoms with E-state index < -0.39 is 0 Å². The van der Waals surface area contributed by atoms with E-state index in [0.29, 0.717) is 17.8 Å². The molecule has 3 N–H and O–H groups in total. The first kappa shape index (κ1) is 15.5. The number of carbonyl (C=O) groups is 2. The number of hydrogen-bond donors (Lipinski definition) is 3. The Hall–Kier alpha value is -1.88. The lowest BCUT2D eigenvalue weighted by Gasteiger charge is -2.10. The van der Waals surface area contributed by atoms with Crippen LogP contribution < -0.4 is 16.0 Å². The first-order valence-corrected chi connectivity index (χ1v) is 7.46. The molecule has 114 valence electrons. The summed E-state index contributed by atoms with van der Waals surface area (Å²) in [5.41, 5.74) is 1.19. The van der Waals surface area contributed by atoms with Gasteiger partial charge in [0.25, 0.3) is 5.91 Å². The van der Waals surface area contributed by atoms with Gasteiger partial charge in [-0.15, -0.1) is 0 Å². The zero-order valence-electron chi connectivity index (χ0n) is 12.6. The molecule has 1 fully saturated rings. The summed E-state index contributed by atoms with van der Waals surface area (Å²) in [5, 5.41) is 8.77. The molecule has 1 aromatic rings. The maximum atomic E-state index is 11.9. The van der Waals surface area contributed by atoms with Crippen LogP contribution in [0.2, 0.25) is 0 Å². The predicted octanol–water partition coefficient (Wildman–Crippen LogP) is 1.76. The zero-order valence-corrected chi connectivity index (χ0v) is 12.6. The van der Waals surface area contributed by atoms with Crippen molar-refractivity contribution in [3.05, 3.63) is 29.8 Å². The predicted molar refractivity (Wildman–Crippen MR) is 83.3 cm³/mol. The molecule has 0 heterocycles. The van der Waals surface area contributed by atoms with E-state index in [1.54, 1.807) is 24.3 Å². The van der Waals surface area contributed by atoms with E-state index in [1.165, 1.54) is 12.8 Å². The lowest BCUT2D eigenvalue weighted by Crippen LogP contribution is -2.31. The van der Waals surface area contributed by atoms with Crippen LogP contribution in [-0.4, -0.2) is 30.9 Å². The molecular weight excluding hydrogens is 266 g/mol. The summed E-state index contributed by atoms with van der Waals surface area (Å²) >= 11 is 0. The second kappa shape index (κ2) is 7.22. The molecule has 1 saturated carbocycles. The number of carbonyl (C=O) groups excluding carboxylic acids is 2. The highest BCUT2D eigenvalue weighted by molar-refractivity contribution is 5.97. The minimum Gasteiger partial charge on any atom is -0.350 e. The molecule has 0 spiro atoms. The summed E-state index contributed by atoms with van der Waals surface area (Å²) in [6.45, 7) is 5.04. The van der Waals surface area contributed by atoms with Gasteiger partial charge in [-0.25, -0.2) is 0 Å². The standard InChI is InChI=1S/C16H23N3O2/c1-11(2)18-16(21)13-4-3-5-14(8-13)19-15(20)10-17-9-12-6-7-12/h3-5,8,11-12,17H,6-7,9-10H2,1-2H3,(H,18,21)(H,19,20). The third-order valence-corrected chi connectivity index (χ3v) is 3.24. The van der Waals surface area contributed by atoms with Gasteiger partial charge in [0.2, 0.25) is 5.91 Å². The van der Waals surface area contributed by atoms with Gasteiger partial charge in [-0.3, -0.25) is 9.59 Å². The Morgan fingerprint density at radius 1 is 1.29 bits per heavy atom. The molecule has 0 aliphatic heterocycles. The number of nitrogens with one attached hydrogen (secondary N) is 3. The average Bonchev–Trinajstić information content (AvgIpc) is 3.22. The maximum Gasteiger partial charge on any atom is 0.251 e. The van der Waals surface area contributed by atoms with Crippen molar-refractivity contribution in [2.45, 2.75) is 32.7 Å². The Labute approximate surface area is 125 Å². The van der Waals surface area contributed by atoms with Crippen LogP contribution in [-0.2, 0) is 4.79 Å². The molecule has 1 aliphatic rings. The van der Waals surface area contributed by atoms with Crippen LogP contribution in [0.5, 0.6) is 0 Å². The van der Waals surface area contributed by atoms with Crippen molar-refractivity contribution >= 4 is 17.5 Å². The molecule has 5 nitrogen and oxygen atoms in total. The third-order valence-electron chi connectivity index (χ3n) is 3.24. The van der Waals surface area contributed by atoms with Crippen LogP contribution >= 0.6 is 0 Å². The number of rotatable bonds is 7. The first-order chi connectivity index (χ1) is 10.0. The fraction of sp³-hybridized carbons (Fsp3) is 0.500.